The molecular weight excluding hydrogens is 284 g/mol. The fourth-order valence-electron chi connectivity index (χ4n) is 2.29. The summed E-state index contributed by atoms with van der Waals surface area (Å²) in [6.07, 6.45) is 0. The summed E-state index contributed by atoms with van der Waals surface area (Å²) in [6.45, 7) is 2.24. The van der Waals surface area contributed by atoms with Gasteiger partial charge < -0.3 is 19.7 Å². The Hall–Kier alpha value is -2.34. The SMILES string of the molecule is COCCOC(=O)C1=C(C)N(C)C(=O)NC1c1ccccc1. The maximum Gasteiger partial charge on any atom is 0.338 e. The number of carbonyl (C=O) groups is 2. The number of hydrogen-bond acceptors (Lipinski definition) is 4. The van der Waals surface area contributed by atoms with Crippen molar-refractivity contribution in [2.24, 2.45) is 0 Å². The van der Waals surface area contributed by atoms with E-state index in [1.807, 2.05) is 30.3 Å². The maximum absolute atomic E-state index is 12.4. The van der Waals surface area contributed by atoms with Gasteiger partial charge in [-0.3, -0.25) is 0 Å². The number of nitrogens with one attached hydrogen (secondary N) is 1. The zero-order valence-corrected chi connectivity index (χ0v) is 13.0. The lowest BCUT2D eigenvalue weighted by atomic mass is 9.95. The lowest BCUT2D eigenvalue weighted by Gasteiger charge is -2.33. The van der Waals surface area contributed by atoms with E-state index in [1.165, 1.54) is 4.90 Å². The number of allylic oxidation sites excluding steroid dienone is 1. The first-order valence-electron chi connectivity index (χ1n) is 7.02. The molecule has 0 fully saturated rings. The standard InChI is InChI=1S/C16H20N2O4/c1-11-13(15(19)22-10-9-21-3)14(17-16(20)18(11)2)12-7-5-4-6-8-12/h4-8,14H,9-10H2,1-3H3,(H,17,20). The smallest absolute Gasteiger partial charge is 0.338 e. The number of benzene rings is 1. The van der Waals surface area contributed by atoms with Gasteiger partial charge in [0.1, 0.15) is 6.61 Å². The van der Waals surface area contributed by atoms with Gasteiger partial charge in [0.15, 0.2) is 0 Å². The molecule has 1 N–H and O–H groups in total. The minimum atomic E-state index is -0.514. The summed E-state index contributed by atoms with van der Waals surface area (Å²) < 4.78 is 10.1. The molecule has 2 amide bonds. The number of rotatable bonds is 5. The Morgan fingerprint density at radius 3 is 2.59 bits per heavy atom. The predicted octanol–water partition coefficient (Wildman–Crippen LogP) is 1.85. The molecule has 0 saturated carbocycles. The minimum absolute atomic E-state index is 0.172. The molecule has 0 aliphatic carbocycles. The quantitative estimate of drug-likeness (QED) is 0.666. The van der Waals surface area contributed by atoms with E-state index in [0.29, 0.717) is 17.9 Å². The van der Waals surface area contributed by atoms with Crippen LogP contribution in [0.3, 0.4) is 0 Å². The van der Waals surface area contributed by atoms with E-state index in [-0.39, 0.29) is 12.6 Å². The molecule has 1 aromatic carbocycles. The average Bonchev–Trinajstić information content (AvgIpc) is 2.53. The predicted molar refractivity (Wildman–Crippen MR) is 81.0 cm³/mol. The van der Waals surface area contributed by atoms with Crippen molar-refractivity contribution in [2.75, 3.05) is 27.4 Å². The summed E-state index contributed by atoms with van der Waals surface area (Å²) in [5.74, 6) is -0.449. The lowest BCUT2D eigenvalue weighted by molar-refractivity contribution is -0.140. The van der Waals surface area contributed by atoms with Gasteiger partial charge in [0, 0.05) is 19.9 Å². The van der Waals surface area contributed by atoms with Crippen LogP contribution in [-0.4, -0.2) is 44.3 Å². The van der Waals surface area contributed by atoms with Crippen LogP contribution >= 0.6 is 0 Å². The highest BCUT2D eigenvalue weighted by Gasteiger charge is 2.34. The van der Waals surface area contributed by atoms with Crippen LogP contribution < -0.4 is 5.32 Å². The zero-order valence-electron chi connectivity index (χ0n) is 13.0. The molecular formula is C16H20N2O4. The summed E-state index contributed by atoms with van der Waals surface area (Å²) in [4.78, 5) is 25.8. The number of urea groups is 1. The molecule has 2 rings (SSSR count). The second kappa shape index (κ2) is 7.09. The van der Waals surface area contributed by atoms with Crippen LogP contribution in [-0.2, 0) is 14.3 Å². The Morgan fingerprint density at radius 2 is 1.95 bits per heavy atom. The van der Waals surface area contributed by atoms with Gasteiger partial charge >= 0.3 is 12.0 Å². The Bertz CT molecular complexity index is 583. The first-order valence-corrected chi connectivity index (χ1v) is 7.02. The summed E-state index contributed by atoms with van der Waals surface area (Å²) in [6, 6.07) is 8.58. The second-order valence-corrected chi connectivity index (χ2v) is 4.98. The van der Waals surface area contributed by atoms with Crippen molar-refractivity contribution in [2.45, 2.75) is 13.0 Å². The van der Waals surface area contributed by atoms with Gasteiger partial charge in [-0.1, -0.05) is 30.3 Å². The number of esters is 1. The Labute approximate surface area is 129 Å². The third kappa shape index (κ3) is 3.28. The molecule has 0 saturated heterocycles. The van der Waals surface area contributed by atoms with Crippen LogP contribution in [0, 0.1) is 0 Å². The number of ether oxygens (including phenoxy) is 2. The molecule has 22 heavy (non-hydrogen) atoms. The first kappa shape index (κ1) is 16.0. The largest absolute Gasteiger partial charge is 0.460 e. The summed E-state index contributed by atoms with van der Waals surface area (Å²) in [5.41, 5.74) is 1.85. The van der Waals surface area contributed by atoms with E-state index < -0.39 is 12.0 Å². The molecule has 1 atom stereocenters. The zero-order chi connectivity index (χ0) is 16.1. The molecule has 0 aromatic heterocycles. The van der Waals surface area contributed by atoms with Gasteiger partial charge in [-0.25, -0.2) is 9.59 Å². The van der Waals surface area contributed by atoms with Crippen LogP contribution in [0.15, 0.2) is 41.6 Å². The monoisotopic (exact) mass is 304 g/mol. The molecule has 6 heteroatoms. The Morgan fingerprint density at radius 1 is 1.27 bits per heavy atom. The van der Waals surface area contributed by atoms with E-state index in [2.05, 4.69) is 5.32 Å². The Kier molecular flexibility index (Phi) is 5.16. The molecule has 0 spiro atoms. The molecule has 1 aliphatic rings. The topological polar surface area (TPSA) is 67.9 Å². The molecule has 1 heterocycles. The highest BCUT2D eigenvalue weighted by Crippen LogP contribution is 2.30. The molecule has 0 radical (unpaired) electrons. The third-order valence-electron chi connectivity index (χ3n) is 3.63. The van der Waals surface area contributed by atoms with Gasteiger partial charge in [-0.05, 0) is 12.5 Å². The van der Waals surface area contributed by atoms with Crippen molar-refractivity contribution >= 4 is 12.0 Å². The van der Waals surface area contributed by atoms with Crippen LogP contribution in [0.5, 0.6) is 0 Å². The fraction of sp³-hybridized carbons (Fsp3) is 0.375. The number of hydrogen-bond donors (Lipinski definition) is 1. The van der Waals surface area contributed by atoms with Crippen LogP contribution in [0.2, 0.25) is 0 Å². The van der Waals surface area contributed by atoms with Crippen LogP contribution in [0.25, 0.3) is 0 Å². The normalized spacial score (nSPS) is 18.2. The Balaban J connectivity index is 2.34. The summed E-state index contributed by atoms with van der Waals surface area (Å²) in [5, 5.41) is 2.83. The van der Waals surface area contributed by atoms with Crippen molar-refractivity contribution in [3.05, 3.63) is 47.2 Å². The van der Waals surface area contributed by atoms with Gasteiger partial charge in [-0.2, -0.15) is 0 Å². The maximum atomic E-state index is 12.4. The molecule has 1 unspecified atom stereocenters. The van der Waals surface area contributed by atoms with E-state index in [1.54, 1.807) is 21.1 Å². The number of nitrogens with zero attached hydrogens (tertiary/aromatic N) is 1. The van der Waals surface area contributed by atoms with Gasteiger partial charge in [0.2, 0.25) is 0 Å². The second-order valence-electron chi connectivity index (χ2n) is 4.98. The van der Waals surface area contributed by atoms with E-state index in [4.69, 9.17) is 9.47 Å². The minimum Gasteiger partial charge on any atom is -0.460 e. The molecule has 0 bridgehead atoms. The van der Waals surface area contributed by atoms with Crippen molar-refractivity contribution in [3.63, 3.8) is 0 Å². The summed E-state index contributed by atoms with van der Waals surface area (Å²) >= 11 is 0. The molecule has 118 valence electrons. The highest BCUT2D eigenvalue weighted by molar-refractivity contribution is 5.94. The van der Waals surface area contributed by atoms with Crippen molar-refractivity contribution < 1.29 is 19.1 Å². The first-order chi connectivity index (χ1) is 10.6. The van der Waals surface area contributed by atoms with Crippen LogP contribution in [0.4, 0.5) is 4.79 Å². The highest BCUT2D eigenvalue weighted by atomic mass is 16.6. The van der Waals surface area contributed by atoms with E-state index in [0.717, 1.165) is 5.56 Å². The van der Waals surface area contributed by atoms with Crippen molar-refractivity contribution in [1.82, 2.24) is 10.2 Å². The molecule has 6 nitrogen and oxygen atoms in total. The van der Waals surface area contributed by atoms with E-state index >= 15 is 0 Å². The van der Waals surface area contributed by atoms with E-state index in [9.17, 15) is 9.59 Å². The van der Waals surface area contributed by atoms with Gasteiger partial charge in [0.05, 0.1) is 18.2 Å². The van der Waals surface area contributed by atoms with Crippen LogP contribution in [0.1, 0.15) is 18.5 Å². The van der Waals surface area contributed by atoms with Crippen molar-refractivity contribution in [1.29, 1.82) is 0 Å². The van der Waals surface area contributed by atoms with Gasteiger partial charge in [0.25, 0.3) is 0 Å². The third-order valence-corrected chi connectivity index (χ3v) is 3.63. The lowest BCUT2D eigenvalue weighted by Crippen LogP contribution is -2.46. The number of methoxy groups -OCH3 is 1. The molecule has 1 aromatic rings. The number of carbonyl (C=O) groups excluding carboxylic acids is 2. The van der Waals surface area contributed by atoms with Crippen molar-refractivity contribution in [3.8, 4) is 0 Å². The number of amides is 2. The molecule has 1 aliphatic heterocycles. The fourth-order valence-corrected chi connectivity index (χ4v) is 2.29. The van der Waals surface area contributed by atoms with Gasteiger partial charge in [-0.15, -0.1) is 0 Å². The summed E-state index contributed by atoms with van der Waals surface area (Å²) in [7, 11) is 3.16. The average molecular weight is 304 g/mol.